The molecule has 1 atom stereocenters. The average molecular weight is 380 g/mol. The van der Waals surface area contributed by atoms with Crippen molar-refractivity contribution >= 4 is 19.0 Å². The second-order valence-corrected chi connectivity index (χ2v) is 6.79. The summed E-state index contributed by atoms with van der Waals surface area (Å²) in [4.78, 5) is 12.5. The van der Waals surface area contributed by atoms with Gasteiger partial charge < -0.3 is 4.52 Å². The minimum Gasteiger partial charge on any atom is -0.350 e. The molecule has 0 bridgehead atoms. The second kappa shape index (κ2) is 7.14. The van der Waals surface area contributed by atoms with Crippen LogP contribution in [-0.2, 0) is 16.9 Å². The number of hydrogen-bond donors (Lipinski definition) is 0. The SMILES string of the molecule is COP(C(=O)c1cc(C(F)(F)F)cc(C(F)(F)F)c1)c1ccccc1. The molecule has 0 aliphatic heterocycles. The molecule has 2 nitrogen and oxygen atoms in total. The molecule has 134 valence electrons. The van der Waals surface area contributed by atoms with Crippen LogP contribution in [0, 0.1) is 0 Å². The number of alkyl halides is 6. The number of rotatable bonds is 4. The van der Waals surface area contributed by atoms with E-state index < -0.39 is 42.7 Å². The van der Waals surface area contributed by atoms with Crippen molar-refractivity contribution in [3.63, 3.8) is 0 Å². The van der Waals surface area contributed by atoms with Gasteiger partial charge in [0.05, 0.1) is 11.1 Å². The Bertz CT molecular complexity index is 723. The van der Waals surface area contributed by atoms with E-state index >= 15 is 0 Å². The summed E-state index contributed by atoms with van der Waals surface area (Å²) >= 11 is 0. The van der Waals surface area contributed by atoms with Gasteiger partial charge >= 0.3 is 12.4 Å². The van der Waals surface area contributed by atoms with Crippen molar-refractivity contribution in [3.05, 3.63) is 65.2 Å². The smallest absolute Gasteiger partial charge is 0.350 e. The summed E-state index contributed by atoms with van der Waals surface area (Å²) in [5.41, 5.74) is -4.70. The van der Waals surface area contributed by atoms with Gasteiger partial charge in [-0.05, 0) is 18.2 Å². The molecule has 0 saturated heterocycles. The zero-order chi connectivity index (χ0) is 18.8. The van der Waals surface area contributed by atoms with Gasteiger partial charge in [-0.1, -0.05) is 30.3 Å². The Morgan fingerprint density at radius 1 is 0.880 bits per heavy atom. The van der Waals surface area contributed by atoms with Crippen LogP contribution in [-0.4, -0.2) is 12.6 Å². The lowest BCUT2D eigenvalue weighted by atomic mass is 10.1. The highest BCUT2D eigenvalue weighted by atomic mass is 31.1. The molecule has 0 radical (unpaired) electrons. The molecular formula is C16H11F6O2P. The van der Waals surface area contributed by atoms with E-state index in [1.54, 1.807) is 18.2 Å². The van der Waals surface area contributed by atoms with Crippen LogP contribution in [0.5, 0.6) is 0 Å². The first kappa shape index (κ1) is 19.4. The summed E-state index contributed by atoms with van der Waals surface area (Å²) in [6.45, 7) is 0. The first-order valence-corrected chi connectivity index (χ1v) is 8.03. The van der Waals surface area contributed by atoms with E-state index in [0.29, 0.717) is 17.4 Å². The lowest BCUT2D eigenvalue weighted by Gasteiger charge is -2.17. The van der Waals surface area contributed by atoms with E-state index in [2.05, 4.69) is 0 Å². The number of benzene rings is 2. The van der Waals surface area contributed by atoms with Gasteiger partial charge in [0.1, 0.15) is 8.15 Å². The standard InChI is InChI=1S/C16H11F6O2P/c1-24-25(13-5-3-2-4-6-13)14(23)10-7-11(15(17,18)19)9-12(8-10)16(20,21)22/h2-9H,1H3. The van der Waals surface area contributed by atoms with Crippen LogP contribution >= 0.6 is 8.15 Å². The minimum absolute atomic E-state index is 0.0195. The molecular weight excluding hydrogens is 369 g/mol. The molecule has 2 aromatic carbocycles. The molecule has 0 fully saturated rings. The molecule has 0 amide bonds. The Labute approximate surface area is 140 Å². The largest absolute Gasteiger partial charge is 0.416 e. The quantitative estimate of drug-likeness (QED) is 0.536. The predicted octanol–water partition coefficient (Wildman–Crippen LogP) is 5.23. The fourth-order valence-corrected chi connectivity index (χ4v) is 3.48. The van der Waals surface area contributed by atoms with E-state index in [1.807, 2.05) is 0 Å². The van der Waals surface area contributed by atoms with E-state index in [4.69, 9.17) is 4.52 Å². The van der Waals surface area contributed by atoms with E-state index in [0.717, 1.165) is 0 Å². The maximum atomic E-state index is 12.9. The summed E-state index contributed by atoms with van der Waals surface area (Å²) in [5, 5.41) is 0.385. The maximum absolute atomic E-state index is 12.9. The third-order valence-corrected chi connectivity index (χ3v) is 4.95. The molecule has 1 unspecified atom stereocenters. The third kappa shape index (κ3) is 4.58. The summed E-state index contributed by atoms with van der Waals surface area (Å²) in [6.07, 6.45) is -10.0. The van der Waals surface area contributed by atoms with Crippen molar-refractivity contribution in [3.8, 4) is 0 Å². The van der Waals surface area contributed by atoms with Crippen LogP contribution in [0.25, 0.3) is 0 Å². The van der Waals surface area contributed by atoms with Crippen molar-refractivity contribution in [2.45, 2.75) is 12.4 Å². The molecule has 2 aromatic rings. The fraction of sp³-hybridized carbons (Fsp3) is 0.188. The van der Waals surface area contributed by atoms with Crippen LogP contribution in [0.3, 0.4) is 0 Å². The van der Waals surface area contributed by atoms with Crippen molar-refractivity contribution in [1.29, 1.82) is 0 Å². The van der Waals surface area contributed by atoms with Gasteiger partial charge in [-0.25, -0.2) is 0 Å². The number of hydrogen-bond acceptors (Lipinski definition) is 2. The first-order valence-electron chi connectivity index (χ1n) is 6.77. The van der Waals surface area contributed by atoms with Crippen LogP contribution < -0.4 is 5.30 Å². The monoisotopic (exact) mass is 380 g/mol. The van der Waals surface area contributed by atoms with Gasteiger partial charge in [0, 0.05) is 18.0 Å². The molecule has 0 N–H and O–H groups in total. The molecule has 0 aromatic heterocycles. The second-order valence-electron chi connectivity index (χ2n) is 4.91. The Balaban J connectivity index is 2.55. The highest BCUT2D eigenvalue weighted by molar-refractivity contribution is 7.78. The third-order valence-electron chi connectivity index (χ3n) is 3.19. The zero-order valence-electron chi connectivity index (χ0n) is 12.7. The maximum Gasteiger partial charge on any atom is 0.416 e. The highest BCUT2D eigenvalue weighted by Gasteiger charge is 2.38. The Morgan fingerprint density at radius 2 is 1.36 bits per heavy atom. The zero-order valence-corrected chi connectivity index (χ0v) is 13.5. The molecule has 0 spiro atoms. The molecule has 2 rings (SSSR count). The summed E-state index contributed by atoms with van der Waals surface area (Å²) < 4.78 is 82.5. The fourth-order valence-electron chi connectivity index (χ4n) is 2.06. The number of halogens is 6. The number of carbonyl (C=O) groups excluding carboxylic acids is 1. The van der Waals surface area contributed by atoms with E-state index in [-0.39, 0.29) is 6.07 Å². The van der Waals surface area contributed by atoms with Gasteiger partial charge in [0.15, 0.2) is 0 Å². The Kier molecular flexibility index (Phi) is 5.54. The Hall–Kier alpha value is -1.92. The van der Waals surface area contributed by atoms with Crippen LogP contribution in [0.1, 0.15) is 21.5 Å². The molecule has 0 aliphatic rings. The highest BCUT2D eigenvalue weighted by Crippen LogP contribution is 2.42. The predicted molar refractivity (Wildman–Crippen MR) is 80.8 cm³/mol. The molecule has 0 heterocycles. The van der Waals surface area contributed by atoms with Gasteiger partial charge in [0.2, 0.25) is 5.52 Å². The van der Waals surface area contributed by atoms with Crippen molar-refractivity contribution < 1.29 is 35.7 Å². The van der Waals surface area contributed by atoms with E-state index in [9.17, 15) is 31.1 Å². The van der Waals surface area contributed by atoms with Crippen molar-refractivity contribution in [2.24, 2.45) is 0 Å². The van der Waals surface area contributed by atoms with Crippen molar-refractivity contribution in [2.75, 3.05) is 7.11 Å². The Morgan fingerprint density at radius 3 is 1.76 bits per heavy atom. The van der Waals surface area contributed by atoms with Crippen LogP contribution in [0.2, 0.25) is 0 Å². The number of carbonyl (C=O) groups is 1. The van der Waals surface area contributed by atoms with E-state index in [1.165, 1.54) is 19.2 Å². The van der Waals surface area contributed by atoms with Crippen molar-refractivity contribution in [1.82, 2.24) is 0 Å². The van der Waals surface area contributed by atoms with Crippen LogP contribution in [0.4, 0.5) is 26.3 Å². The average Bonchev–Trinajstić information content (AvgIpc) is 2.54. The van der Waals surface area contributed by atoms with Gasteiger partial charge in [-0.2, -0.15) is 26.3 Å². The topological polar surface area (TPSA) is 26.3 Å². The van der Waals surface area contributed by atoms with Gasteiger partial charge in [-0.3, -0.25) is 4.79 Å². The summed E-state index contributed by atoms with van der Waals surface area (Å²) in [7, 11) is -0.886. The first-order chi connectivity index (χ1) is 11.5. The summed E-state index contributed by atoms with van der Waals surface area (Å²) in [5.74, 6) is 0. The van der Waals surface area contributed by atoms with Gasteiger partial charge in [0.25, 0.3) is 0 Å². The molecule has 9 heteroatoms. The minimum atomic E-state index is -5.02. The molecule has 0 aliphatic carbocycles. The normalized spacial score (nSPS) is 13.6. The summed E-state index contributed by atoms with van der Waals surface area (Å²) in [6, 6.07) is 8.67. The van der Waals surface area contributed by atoms with Gasteiger partial charge in [-0.15, -0.1) is 0 Å². The lowest BCUT2D eigenvalue weighted by molar-refractivity contribution is -0.143. The molecule has 0 saturated carbocycles. The molecule has 25 heavy (non-hydrogen) atoms. The van der Waals surface area contributed by atoms with Crippen LogP contribution in [0.15, 0.2) is 48.5 Å². The lowest BCUT2D eigenvalue weighted by Crippen LogP contribution is -2.15.